The summed E-state index contributed by atoms with van der Waals surface area (Å²) in [4.78, 5) is 16.7. The minimum atomic E-state index is -1.25. The van der Waals surface area contributed by atoms with E-state index in [-0.39, 0.29) is 11.8 Å². The Hall–Kier alpha value is -3.65. The van der Waals surface area contributed by atoms with Gasteiger partial charge in [0.05, 0.1) is 5.69 Å². The summed E-state index contributed by atoms with van der Waals surface area (Å²) in [5.41, 5.74) is 4.50. The number of hydrogen-bond donors (Lipinski definition) is 1. The van der Waals surface area contributed by atoms with Crippen LogP contribution in [0, 0.1) is 18.3 Å². The third-order valence-corrected chi connectivity index (χ3v) is 6.08. The van der Waals surface area contributed by atoms with Crippen LogP contribution in [0.3, 0.4) is 0 Å². The first-order valence-electron chi connectivity index (χ1n) is 11.0. The number of nitriles is 1. The second-order valence-corrected chi connectivity index (χ2v) is 8.34. The molecule has 162 valence electrons. The van der Waals surface area contributed by atoms with Gasteiger partial charge in [-0.2, -0.15) is 5.26 Å². The van der Waals surface area contributed by atoms with Gasteiger partial charge in [0.15, 0.2) is 0 Å². The van der Waals surface area contributed by atoms with E-state index in [0.29, 0.717) is 16.8 Å². The topological polar surface area (TPSA) is 83.2 Å². The number of carboxylic acids is 1. The van der Waals surface area contributed by atoms with Crippen LogP contribution in [-0.4, -0.2) is 16.1 Å². The normalized spacial score (nSPS) is 15.0. The maximum absolute atomic E-state index is 12.0. The lowest BCUT2D eigenvalue weighted by molar-refractivity contribution is -0.145. The number of aryl methyl sites for hydroxylation is 1. The fourth-order valence-corrected chi connectivity index (χ4v) is 4.35. The summed E-state index contributed by atoms with van der Waals surface area (Å²) in [6.45, 7) is 2.02. The number of carbonyl (C=O) groups is 1. The molecule has 0 bridgehead atoms. The van der Waals surface area contributed by atoms with Crippen molar-refractivity contribution in [2.75, 3.05) is 0 Å². The molecule has 0 amide bonds. The van der Waals surface area contributed by atoms with Crippen molar-refractivity contribution in [3.63, 3.8) is 0 Å². The van der Waals surface area contributed by atoms with Crippen molar-refractivity contribution in [2.45, 2.75) is 51.0 Å². The number of aromatic nitrogens is 1. The molecule has 0 radical (unpaired) electrons. The second-order valence-electron chi connectivity index (χ2n) is 8.34. The molecule has 1 fully saturated rings. The summed E-state index contributed by atoms with van der Waals surface area (Å²) in [6.07, 6.45) is 4.21. The van der Waals surface area contributed by atoms with Gasteiger partial charge in [-0.1, -0.05) is 79.4 Å². The molecule has 5 nitrogen and oxygen atoms in total. The predicted octanol–water partition coefficient (Wildman–Crippen LogP) is 6.18. The number of benzene rings is 2. The molecule has 1 aliphatic rings. The molecule has 1 N–H and O–H groups in total. The van der Waals surface area contributed by atoms with E-state index in [2.05, 4.69) is 11.1 Å². The van der Waals surface area contributed by atoms with E-state index in [9.17, 15) is 15.2 Å². The SMILES string of the molecule is Cc1ccc(-c2cc(C3CCCCC3)c(C#N)c(OC(C(=O)O)c3ccccc3)n2)cc1. The lowest BCUT2D eigenvalue weighted by Gasteiger charge is -2.25. The molecule has 1 unspecified atom stereocenters. The lowest BCUT2D eigenvalue weighted by Crippen LogP contribution is -2.20. The zero-order valence-corrected chi connectivity index (χ0v) is 18.1. The molecular formula is C27H26N2O3. The maximum atomic E-state index is 12.0. The first kappa shape index (κ1) is 21.6. The first-order chi connectivity index (χ1) is 15.6. The number of pyridine rings is 1. The van der Waals surface area contributed by atoms with E-state index in [1.54, 1.807) is 24.3 Å². The van der Waals surface area contributed by atoms with Gasteiger partial charge in [-0.05, 0) is 37.3 Å². The lowest BCUT2D eigenvalue weighted by atomic mass is 9.82. The summed E-state index contributed by atoms with van der Waals surface area (Å²) in [5.74, 6) is -0.794. The van der Waals surface area contributed by atoms with Crippen molar-refractivity contribution in [1.82, 2.24) is 4.98 Å². The van der Waals surface area contributed by atoms with Gasteiger partial charge >= 0.3 is 5.97 Å². The minimum absolute atomic E-state index is 0.0856. The van der Waals surface area contributed by atoms with E-state index in [4.69, 9.17) is 4.74 Å². The van der Waals surface area contributed by atoms with Crippen molar-refractivity contribution in [1.29, 1.82) is 5.26 Å². The Morgan fingerprint density at radius 1 is 1.09 bits per heavy atom. The molecule has 4 rings (SSSR count). The average molecular weight is 427 g/mol. The molecule has 1 atom stereocenters. The number of carboxylic acid groups (broad SMARTS) is 1. The Balaban J connectivity index is 1.83. The molecule has 32 heavy (non-hydrogen) atoms. The smallest absolute Gasteiger partial charge is 0.349 e. The zero-order chi connectivity index (χ0) is 22.5. The summed E-state index contributed by atoms with van der Waals surface area (Å²) in [6, 6.07) is 21.0. The van der Waals surface area contributed by atoms with Crippen LogP contribution in [0.1, 0.15) is 66.4 Å². The molecule has 2 aromatic carbocycles. The summed E-state index contributed by atoms with van der Waals surface area (Å²) < 4.78 is 5.97. The summed E-state index contributed by atoms with van der Waals surface area (Å²) in [5, 5.41) is 19.9. The highest BCUT2D eigenvalue weighted by molar-refractivity contribution is 5.75. The molecule has 5 heteroatoms. The van der Waals surface area contributed by atoms with Crippen LogP contribution in [0.15, 0.2) is 60.7 Å². The Morgan fingerprint density at radius 3 is 2.41 bits per heavy atom. The van der Waals surface area contributed by atoms with Gasteiger partial charge in [0.2, 0.25) is 12.0 Å². The highest BCUT2D eigenvalue weighted by Gasteiger charge is 2.28. The Labute approximate surface area is 188 Å². The monoisotopic (exact) mass is 426 g/mol. The third kappa shape index (κ3) is 4.65. The van der Waals surface area contributed by atoms with Crippen LogP contribution in [0.25, 0.3) is 11.3 Å². The molecule has 1 heterocycles. The van der Waals surface area contributed by atoms with Crippen molar-refractivity contribution >= 4 is 5.97 Å². The first-order valence-corrected chi connectivity index (χ1v) is 11.0. The molecule has 0 spiro atoms. The Kier molecular flexibility index (Phi) is 6.51. The Bertz CT molecular complexity index is 1130. The fourth-order valence-electron chi connectivity index (χ4n) is 4.35. The van der Waals surface area contributed by atoms with Crippen molar-refractivity contribution in [3.8, 4) is 23.2 Å². The van der Waals surface area contributed by atoms with E-state index >= 15 is 0 Å². The van der Waals surface area contributed by atoms with Gasteiger partial charge in [0.25, 0.3) is 0 Å². The number of hydrogen-bond acceptors (Lipinski definition) is 4. The van der Waals surface area contributed by atoms with Crippen molar-refractivity contribution in [2.24, 2.45) is 0 Å². The van der Waals surface area contributed by atoms with Crippen molar-refractivity contribution in [3.05, 3.63) is 82.9 Å². The molecule has 1 aliphatic carbocycles. The van der Waals surface area contributed by atoms with Crippen LogP contribution in [0.4, 0.5) is 0 Å². The van der Waals surface area contributed by atoms with Gasteiger partial charge in [-0.25, -0.2) is 9.78 Å². The van der Waals surface area contributed by atoms with Crippen LogP contribution in [0.5, 0.6) is 5.88 Å². The van der Waals surface area contributed by atoms with Crippen LogP contribution < -0.4 is 4.74 Å². The van der Waals surface area contributed by atoms with Crippen molar-refractivity contribution < 1.29 is 14.6 Å². The number of rotatable bonds is 6. The fraction of sp³-hybridized carbons (Fsp3) is 0.296. The van der Waals surface area contributed by atoms with Gasteiger partial charge in [-0.15, -0.1) is 0 Å². The van der Waals surface area contributed by atoms with Crippen LogP contribution >= 0.6 is 0 Å². The van der Waals surface area contributed by atoms with Gasteiger partial charge in [0.1, 0.15) is 11.6 Å². The molecule has 1 aromatic heterocycles. The zero-order valence-electron chi connectivity index (χ0n) is 18.1. The number of ether oxygens (including phenoxy) is 1. The predicted molar refractivity (Wildman–Crippen MR) is 122 cm³/mol. The highest BCUT2D eigenvalue weighted by Crippen LogP contribution is 2.39. The second kappa shape index (κ2) is 9.65. The molecular weight excluding hydrogens is 400 g/mol. The van der Waals surface area contributed by atoms with E-state index < -0.39 is 12.1 Å². The highest BCUT2D eigenvalue weighted by atomic mass is 16.5. The van der Waals surface area contributed by atoms with Gasteiger partial charge < -0.3 is 9.84 Å². The summed E-state index contributed by atoms with van der Waals surface area (Å²) >= 11 is 0. The van der Waals surface area contributed by atoms with Gasteiger partial charge in [0, 0.05) is 11.1 Å². The standard InChI is InChI=1S/C27H26N2O3/c1-18-12-14-20(15-13-18)24-16-22(19-8-4-2-5-9-19)23(17-28)26(29-24)32-25(27(30)31)21-10-6-3-7-11-21/h3,6-7,10-16,19,25H,2,4-5,8-9H2,1H3,(H,30,31). The third-order valence-electron chi connectivity index (χ3n) is 6.08. The largest absolute Gasteiger partial charge is 0.478 e. The molecule has 1 saturated carbocycles. The Morgan fingerprint density at radius 2 is 1.78 bits per heavy atom. The average Bonchev–Trinajstić information content (AvgIpc) is 2.83. The van der Waals surface area contributed by atoms with Crippen LogP contribution in [0.2, 0.25) is 0 Å². The number of aliphatic carboxylic acids is 1. The van der Waals surface area contributed by atoms with E-state index in [1.165, 1.54) is 6.42 Å². The van der Waals surface area contributed by atoms with Crippen LogP contribution in [-0.2, 0) is 4.79 Å². The molecule has 3 aromatic rings. The van der Waals surface area contributed by atoms with E-state index in [1.807, 2.05) is 43.3 Å². The molecule has 0 saturated heterocycles. The number of nitrogens with zero attached hydrogens (tertiary/aromatic N) is 2. The maximum Gasteiger partial charge on any atom is 0.349 e. The minimum Gasteiger partial charge on any atom is -0.478 e. The van der Waals surface area contributed by atoms with E-state index in [0.717, 1.165) is 42.4 Å². The summed E-state index contributed by atoms with van der Waals surface area (Å²) in [7, 11) is 0. The quantitative estimate of drug-likeness (QED) is 0.509. The molecule has 0 aliphatic heterocycles. The van der Waals surface area contributed by atoms with Gasteiger partial charge in [-0.3, -0.25) is 0 Å².